The standard InChI is InChI=1S/C16H10ClF3N2O2/c1-21-13(16(18,19)20)8-14(23)22(15(21)24)12-7-6-11(17)9-4-2-3-5-10(9)12/h2-8H,1H3. The molecule has 0 amide bonds. The average Bonchev–Trinajstić information content (AvgIpc) is 2.52. The minimum absolute atomic E-state index is 0.175. The van der Waals surface area contributed by atoms with Gasteiger partial charge < -0.3 is 0 Å². The molecule has 0 atom stereocenters. The Morgan fingerprint density at radius 1 is 1.00 bits per heavy atom. The van der Waals surface area contributed by atoms with Gasteiger partial charge >= 0.3 is 11.9 Å². The van der Waals surface area contributed by atoms with E-state index in [-0.39, 0.29) is 5.69 Å². The number of halogens is 4. The summed E-state index contributed by atoms with van der Waals surface area (Å²) < 4.78 is 39.9. The van der Waals surface area contributed by atoms with Crippen molar-refractivity contribution in [2.75, 3.05) is 0 Å². The van der Waals surface area contributed by atoms with Crippen LogP contribution >= 0.6 is 11.6 Å². The number of alkyl halides is 3. The molecule has 0 N–H and O–H groups in total. The second-order valence-corrected chi connectivity index (χ2v) is 5.56. The summed E-state index contributed by atoms with van der Waals surface area (Å²) in [6, 6.07) is 10.1. The highest BCUT2D eigenvalue weighted by molar-refractivity contribution is 6.35. The van der Waals surface area contributed by atoms with E-state index in [1.807, 2.05) is 0 Å². The van der Waals surface area contributed by atoms with Crippen LogP contribution in [0.25, 0.3) is 16.5 Å². The fourth-order valence-corrected chi connectivity index (χ4v) is 2.79. The minimum atomic E-state index is -4.80. The molecule has 3 rings (SSSR count). The third-order valence-electron chi connectivity index (χ3n) is 3.70. The maximum Gasteiger partial charge on any atom is 0.431 e. The Kier molecular flexibility index (Phi) is 3.76. The third kappa shape index (κ3) is 2.50. The van der Waals surface area contributed by atoms with Crippen molar-refractivity contribution >= 4 is 22.4 Å². The van der Waals surface area contributed by atoms with Crippen molar-refractivity contribution in [3.8, 4) is 5.69 Å². The van der Waals surface area contributed by atoms with Crippen molar-refractivity contribution in [2.24, 2.45) is 7.05 Å². The maximum absolute atomic E-state index is 12.9. The Labute approximate surface area is 138 Å². The molecule has 0 aliphatic rings. The van der Waals surface area contributed by atoms with Gasteiger partial charge in [-0.15, -0.1) is 0 Å². The van der Waals surface area contributed by atoms with Gasteiger partial charge in [0.05, 0.1) is 5.69 Å². The topological polar surface area (TPSA) is 44.0 Å². The van der Waals surface area contributed by atoms with Crippen LogP contribution in [0.3, 0.4) is 0 Å². The molecule has 124 valence electrons. The van der Waals surface area contributed by atoms with Crippen molar-refractivity contribution in [2.45, 2.75) is 6.18 Å². The summed E-state index contributed by atoms with van der Waals surface area (Å²) >= 11 is 6.09. The molecule has 0 spiro atoms. The van der Waals surface area contributed by atoms with Crippen LogP contribution in [0.4, 0.5) is 13.2 Å². The van der Waals surface area contributed by atoms with Crippen molar-refractivity contribution in [3.05, 3.63) is 74.0 Å². The molecule has 0 saturated heterocycles. The van der Waals surface area contributed by atoms with Gasteiger partial charge in [0.1, 0.15) is 5.69 Å². The van der Waals surface area contributed by atoms with Crippen molar-refractivity contribution in [1.82, 2.24) is 9.13 Å². The highest BCUT2D eigenvalue weighted by Gasteiger charge is 2.35. The van der Waals surface area contributed by atoms with Crippen LogP contribution in [-0.2, 0) is 13.2 Å². The SMILES string of the molecule is Cn1c(C(F)(F)F)cc(=O)n(-c2ccc(Cl)c3ccccc23)c1=O. The van der Waals surface area contributed by atoms with Gasteiger partial charge in [-0.25, -0.2) is 9.36 Å². The van der Waals surface area contributed by atoms with E-state index in [9.17, 15) is 22.8 Å². The number of aromatic nitrogens is 2. The molecule has 0 radical (unpaired) electrons. The summed E-state index contributed by atoms with van der Waals surface area (Å²) in [5, 5.41) is 1.49. The Hall–Kier alpha value is -2.54. The Morgan fingerprint density at radius 3 is 2.25 bits per heavy atom. The zero-order chi connectivity index (χ0) is 17.6. The van der Waals surface area contributed by atoms with E-state index in [1.165, 1.54) is 12.1 Å². The molecule has 0 saturated carbocycles. The molecule has 1 heterocycles. The molecule has 4 nitrogen and oxygen atoms in total. The third-order valence-corrected chi connectivity index (χ3v) is 4.03. The van der Waals surface area contributed by atoms with E-state index in [0.717, 1.165) is 7.05 Å². The zero-order valence-electron chi connectivity index (χ0n) is 12.3. The molecule has 0 bridgehead atoms. The number of hydrogen-bond acceptors (Lipinski definition) is 2. The summed E-state index contributed by atoms with van der Waals surface area (Å²) in [5.74, 6) is 0. The second-order valence-electron chi connectivity index (χ2n) is 5.15. The summed E-state index contributed by atoms with van der Waals surface area (Å²) in [7, 11) is 0.971. The summed E-state index contributed by atoms with van der Waals surface area (Å²) in [6.07, 6.45) is -4.80. The maximum atomic E-state index is 12.9. The second kappa shape index (κ2) is 5.52. The molecule has 0 fully saturated rings. The van der Waals surface area contributed by atoms with Gasteiger partial charge in [-0.1, -0.05) is 35.9 Å². The normalized spacial score (nSPS) is 11.9. The number of rotatable bonds is 1. The summed E-state index contributed by atoms with van der Waals surface area (Å²) in [5.41, 5.74) is -3.26. The fourth-order valence-electron chi connectivity index (χ4n) is 2.56. The molecular formula is C16H10ClF3N2O2. The Bertz CT molecular complexity index is 1070. The molecule has 3 aromatic rings. The predicted molar refractivity (Wildman–Crippen MR) is 84.8 cm³/mol. The molecule has 1 aromatic heterocycles. The number of nitrogens with zero attached hydrogens (tertiary/aromatic N) is 2. The first kappa shape index (κ1) is 16.3. The molecule has 0 aliphatic heterocycles. The number of hydrogen-bond donors (Lipinski definition) is 0. The van der Waals surface area contributed by atoms with Gasteiger partial charge in [-0.3, -0.25) is 9.36 Å². The first-order valence-electron chi connectivity index (χ1n) is 6.79. The van der Waals surface area contributed by atoms with E-state index in [0.29, 0.717) is 31.0 Å². The van der Waals surface area contributed by atoms with Crippen LogP contribution in [0, 0.1) is 0 Å². The molecule has 2 aromatic carbocycles. The van der Waals surface area contributed by atoms with E-state index < -0.39 is 23.1 Å². The lowest BCUT2D eigenvalue weighted by molar-refractivity contribution is -0.144. The lowest BCUT2D eigenvalue weighted by Gasteiger charge is -2.15. The van der Waals surface area contributed by atoms with E-state index in [1.54, 1.807) is 24.3 Å². The van der Waals surface area contributed by atoms with Crippen LogP contribution in [-0.4, -0.2) is 9.13 Å². The lowest BCUT2D eigenvalue weighted by Crippen LogP contribution is -2.40. The van der Waals surface area contributed by atoms with Crippen molar-refractivity contribution < 1.29 is 13.2 Å². The van der Waals surface area contributed by atoms with Gasteiger partial charge in [0.2, 0.25) is 0 Å². The quantitative estimate of drug-likeness (QED) is 0.672. The predicted octanol–water partition coefficient (Wildman–Crippen LogP) is 3.36. The van der Waals surface area contributed by atoms with Gasteiger partial charge in [-0.2, -0.15) is 13.2 Å². The highest BCUT2D eigenvalue weighted by Crippen LogP contribution is 2.29. The molecule has 24 heavy (non-hydrogen) atoms. The van der Waals surface area contributed by atoms with Gasteiger partial charge in [0.25, 0.3) is 5.56 Å². The van der Waals surface area contributed by atoms with Crippen molar-refractivity contribution in [1.29, 1.82) is 0 Å². The van der Waals surface area contributed by atoms with Crippen LogP contribution in [0.5, 0.6) is 0 Å². The minimum Gasteiger partial charge on any atom is -0.292 e. The summed E-state index contributed by atoms with van der Waals surface area (Å²) in [6.45, 7) is 0. The van der Waals surface area contributed by atoms with Crippen LogP contribution in [0.1, 0.15) is 5.69 Å². The first-order valence-corrected chi connectivity index (χ1v) is 7.17. The zero-order valence-corrected chi connectivity index (χ0v) is 13.0. The van der Waals surface area contributed by atoms with Gasteiger partial charge in [-0.05, 0) is 12.1 Å². The smallest absolute Gasteiger partial charge is 0.292 e. The molecule has 0 aliphatic carbocycles. The fraction of sp³-hybridized carbons (Fsp3) is 0.125. The van der Waals surface area contributed by atoms with E-state index >= 15 is 0 Å². The van der Waals surface area contributed by atoms with Crippen LogP contribution in [0.15, 0.2) is 52.1 Å². The molecule has 8 heteroatoms. The first-order chi connectivity index (χ1) is 11.2. The van der Waals surface area contributed by atoms with Gasteiger partial charge in [0.15, 0.2) is 0 Å². The molecular weight excluding hydrogens is 345 g/mol. The van der Waals surface area contributed by atoms with Crippen LogP contribution < -0.4 is 11.2 Å². The van der Waals surface area contributed by atoms with E-state index in [4.69, 9.17) is 11.6 Å². The highest BCUT2D eigenvalue weighted by atomic mass is 35.5. The van der Waals surface area contributed by atoms with Crippen molar-refractivity contribution in [3.63, 3.8) is 0 Å². The average molecular weight is 355 g/mol. The Morgan fingerprint density at radius 2 is 1.62 bits per heavy atom. The Balaban J connectivity index is 2.42. The lowest BCUT2D eigenvalue weighted by atomic mass is 10.1. The molecule has 0 unspecified atom stereocenters. The van der Waals surface area contributed by atoms with Crippen LogP contribution in [0.2, 0.25) is 5.02 Å². The summed E-state index contributed by atoms with van der Waals surface area (Å²) in [4.78, 5) is 24.6. The number of benzene rings is 2. The largest absolute Gasteiger partial charge is 0.431 e. The van der Waals surface area contributed by atoms with Gasteiger partial charge in [0, 0.05) is 28.9 Å². The number of fused-ring (bicyclic) bond motifs is 1. The monoisotopic (exact) mass is 354 g/mol. The van der Waals surface area contributed by atoms with E-state index in [2.05, 4.69) is 0 Å².